The van der Waals surface area contributed by atoms with Gasteiger partial charge in [0.2, 0.25) is 0 Å². The first-order valence-electron chi connectivity index (χ1n) is 3.74. The summed E-state index contributed by atoms with van der Waals surface area (Å²) in [5.41, 5.74) is 5.18. The number of hydrogen-bond donors (Lipinski definition) is 2. The maximum Gasteiger partial charge on any atom is 0.188 e. The topological polar surface area (TPSA) is 62.3 Å². The number of nitrogens with zero attached hydrogens (tertiary/aromatic N) is 1. The van der Waals surface area contributed by atoms with Crippen LogP contribution >= 0.6 is 0 Å². The second kappa shape index (κ2) is 2.70. The van der Waals surface area contributed by atoms with Crippen LogP contribution in [0.4, 0.5) is 0 Å². The molecular formula is C7H15N3O. The van der Waals surface area contributed by atoms with Crippen LogP contribution in [-0.2, 0) is 4.74 Å². The molecule has 0 atom stereocenters. The maximum atomic E-state index is 7.21. The summed E-state index contributed by atoms with van der Waals surface area (Å²) in [7, 11) is 0. The van der Waals surface area contributed by atoms with Gasteiger partial charge in [-0.05, 0) is 13.8 Å². The molecule has 1 aliphatic rings. The van der Waals surface area contributed by atoms with Crippen molar-refractivity contribution in [3.05, 3.63) is 0 Å². The van der Waals surface area contributed by atoms with Crippen LogP contribution in [0.3, 0.4) is 0 Å². The fourth-order valence-corrected chi connectivity index (χ4v) is 1.22. The smallest absolute Gasteiger partial charge is 0.188 e. The van der Waals surface area contributed by atoms with Gasteiger partial charge in [0.25, 0.3) is 0 Å². The molecule has 1 rings (SSSR count). The molecular weight excluding hydrogens is 142 g/mol. The van der Waals surface area contributed by atoms with E-state index in [0.717, 1.165) is 6.54 Å². The van der Waals surface area contributed by atoms with E-state index in [1.165, 1.54) is 0 Å². The van der Waals surface area contributed by atoms with Crippen molar-refractivity contribution >= 4 is 5.96 Å². The average Bonchev–Trinajstić information content (AvgIpc) is 1.85. The molecule has 0 radical (unpaired) electrons. The van der Waals surface area contributed by atoms with Crippen molar-refractivity contribution in [2.75, 3.05) is 19.7 Å². The summed E-state index contributed by atoms with van der Waals surface area (Å²) in [5, 5.41) is 7.21. The van der Waals surface area contributed by atoms with Crippen LogP contribution in [0.15, 0.2) is 0 Å². The van der Waals surface area contributed by atoms with Gasteiger partial charge in [-0.25, -0.2) is 0 Å². The van der Waals surface area contributed by atoms with Gasteiger partial charge in [-0.2, -0.15) is 0 Å². The van der Waals surface area contributed by atoms with Crippen LogP contribution in [0.2, 0.25) is 0 Å². The summed E-state index contributed by atoms with van der Waals surface area (Å²) < 4.78 is 5.45. The molecule has 4 nitrogen and oxygen atoms in total. The summed E-state index contributed by atoms with van der Waals surface area (Å²) in [5.74, 6) is 0.140. The molecule has 0 aliphatic carbocycles. The largest absolute Gasteiger partial charge is 0.372 e. The van der Waals surface area contributed by atoms with Gasteiger partial charge in [0, 0.05) is 13.1 Å². The molecule has 4 heteroatoms. The van der Waals surface area contributed by atoms with Gasteiger partial charge in [-0.3, -0.25) is 5.41 Å². The monoisotopic (exact) mass is 157 g/mol. The van der Waals surface area contributed by atoms with Crippen LogP contribution in [-0.4, -0.2) is 36.2 Å². The molecule has 0 spiro atoms. The third-order valence-electron chi connectivity index (χ3n) is 1.77. The predicted octanol–water partition coefficient (Wildman–Crippen LogP) is -0.00933. The summed E-state index contributed by atoms with van der Waals surface area (Å²) in [6, 6.07) is 0. The first kappa shape index (κ1) is 8.33. The van der Waals surface area contributed by atoms with Crippen LogP contribution in [0.1, 0.15) is 13.8 Å². The van der Waals surface area contributed by atoms with Gasteiger partial charge < -0.3 is 15.4 Å². The zero-order chi connectivity index (χ0) is 8.48. The Morgan fingerprint density at radius 1 is 1.64 bits per heavy atom. The summed E-state index contributed by atoms with van der Waals surface area (Å²) >= 11 is 0. The molecule has 3 N–H and O–H groups in total. The molecule has 1 aliphatic heterocycles. The van der Waals surface area contributed by atoms with E-state index in [1.54, 1.807) is 0 Å². The first-order chi connectivity index (χ1) is 5.01. The second-order valence-corrected chi connectivity index (χ2v) is 3.41. The summed E-state index contributed by atoms with van der Waals surface area (Å²) in [4.78, 5) is 1.82. The quantitative estimate of drug-likeness (QED) is 0.384. The van der Waals surface area contributed by atoms with Crippen molar-refractivity contribution in [3.63, 3.8) is 0 Å². The number of morpholine rings is 1. The number of ether oxygens (including phenoxy) is 1. The van der Waals surface area contributed by atoms with Crippen molar-refractivity contribution in [2.24, 2.45) is 5.73 Å². The summed E-state index contributed by atoms with van der Waals surface area (Å²) in [6.45, 7) is 6.11. The fourth-order valence-electron chi connectivity index (χ4n) is 1.22. The maximum absolute atomic E-state index is 7.21. The zero-order valence-electron chi connectivity index (χ0n) is 7.05. The Morgan fingerprint density at radius 2 is 2.27 bits per heavy atom. The number of nitrogens with two attached hydrogens (primary N) is 1. The Labute approximate surface area is 66.8 Å². The molecule has 0 amide bonds. The Bertz CT molecular complexity index is 167. The van der Waals surface area contributed by atoms with E-state index in [0.29, 0.717) is 13.2 Å². The molecule has 64 valence electrons. The van der Waals surface area contributed by atoms with E-state index in [-0.39, 0.29) is 11.6 Å². The number of rotatable bonds is 0. The predicted molar refractivity (Wildman–Crippen MR) is 43.5 cm³/mol. The number of nitrogens with one attached hydrogen (secondary N) is 1. The van der Waals surface area contributed by atoms with Crippen molar-refractivity contribution < 1.29 is 4.74 Å². The van der Waals surface area contributed by atoms with Gasteiger partial charge in [-0.15, -0.1) is 0 Å². The highest BCUT2D eigenvalue weighted by atomic mass is 16.5. The van der Waals surface area contributed by atoms with Crippen LogP contribution < -0.4 is 5.73 Å². The number of hydrogen-bond acceptors (Lipinski definition) is 2. The van der Waals surface area contributed by atoms with Crippen molar-refractivity contribution in [1.29, 1.82) is 5.41 Å². The van der Waals surface area contributed by atoms with Crippen molar-refractivity contribution in [2.45, 2.75) is 19.4 Å². The van der Waals surface area contributed by atoms with Gasteiger partial charge >= 0.3 is 0 Å². The SMILES string of the molecule is CC1(C)CN(C(=N)N)CCO1. The van der Waals surface area contributed by atoms with E-state index in [9.17, 15) is 0 Å². The van der Waals surface area contributed by atoms with Gasteiger partial charge in [0.1, 0.15) is 0 Å². The fraction of sp³-hybridized carbons (Fsp3) is 0.857. The van der Waals surface area contributed by atoms with Gasteiger partial charge in [0.05, 0.1) is 12.2 Å². The highest BCUT2D eigenvalue weighted by molar-refractivity contribution is 5.74. The third kappa shape index (κ3) is 2.08. The lowest BCUT2D eigenvalue weighted by atomic mass is 10.1. The minimum Gasteiger partial charge on any atom is -0.372 e. The van der Waals surface area contributed by atoms with Crippen LogP contribution in [0.25, 0.3) is 0 Å². The molecule has 1 heterocycles. The van der Waals surface area contributed by atoms with Gasteiger partial charge in [-0.1, -0.05) is 0 Å². The standard InChI is InChI=1S/C7H15N3O/c1-7(2)5-10(6(8)9)3-4-11-7/h3-5H2,1-2H3,(H3,8,9). The third-order valence-corrected chi connectivity index (χ3v) is 1.77. The lowest BCUT2D eigenvalue weighted by Crippen LogP contribution is -2.52. The Hall–Kier alpha value is -0.770. The lowest BCUT2D eigenvalue weighted by molar-refractivity contribution is -0.0682. The van der Waals surface area contributed by atoms with Crippen molar-refractivity contribution in [3.8, 4) is 0 Å². The second-order valence-electron chi connectivity index (χ2n) is 3.41. The highest BCUT2D eigenvalue weighted by Crippen LogP contribution is 2.15. The van der Waals surface area contributed by atoms with E-state index >= 15 is 0 Å². The Balaban J connectivity index is 2.53. The highest BCUT2D eigenvalue weighted by Gasteiger charge is 2.27. The van der Waals surface area contributed by atoms with E-state index in [4.69, 9.17) is 15.9 Å². The summed E-state index contributed by atoms with van der Waals surface area (Å²) in [6.07, 6.45) is 0. The molecule has 0 saturated carbocycles. The van der Waals surface area contributed by atoms with E-state index in [2.05, 4.69) is 0 Å². The molecule has 0 bridgehead atoms. The lowest BCUT2D eigenvalue weighted by Gasteiger charge is -2.38. The minimum absolute atomic E-state index is 0.140. The minimum atomic E-state index is -0.163. The molecule has 0 aromatic heterocycles. The Morgan fingerprint density at radius 3 is 2.64 bits per heavy atom. The molecule has 1 saturated heterocycles. The molecule has 11 heavy (non-hydrogen) atoms. The average molecular weight is 157 g/mol. The van der Waals surface area contributed by atoms with Crippen LogP contribution in [0.5, 0.6) is 0 Å². The molecule has 1 fully saturated rings. The van der Waals surface area contributed by atoms with Crippen molar-refractivity contribution in [1.82, 2.24) is 4.90 Å². The normalized spacial score (nSPS) is 23.3. The van der Waals surface area contributed by atoms with E-state index < -0.39 is 0 Å². The van der Waals surface area contributed by atoms with Crippen LogP contribution in [0, 0.1) is 5.41 Å². The molecule has 0 aromatic rings. The molecule has 0 aromatic carbocycles. The first-order valence-corrected chi connectivity index (χ1v) is 3.74. The Kier molecular flexibility index (Phi) is 2.04. The number of guanidine groups is 1. The molecule has 0 unspecified atom stereocenters. The van der Waals surface area contributed by atoms with E-state index in [1.807, 2.05) is 18.7 Å². The van der Waals surface area contributed by atoms with Gasteiger partial charge in [0.15, 0.2) is 5.96 Å². The zero-order valence-corrected chi connectivity index (χ0v) is 7.05.